The number of hydrogen-bond donors (Lipinski definition) is 0. The van der Waals surface area contributed by atoms with E-state index in [0.717, 1.165) is 12.1 Å². The fourth-order valence-electron chi connectivity index (χ4n) is 1.29. The summed E-state index contributed by atoms with van der Waals surface area (Å²) >= 11 is 4.64. The van der Waals surface area contributed by atoms with E-state index >= 15 is 0 Å². The third-order valence-corrected chi connectivity index (χ3v) is 1.75. The third-order valence-electron chi connectivity index (χ3n) is 1.75. The van der Waals surface area contributed by atoms with E-state index in [9.17, 15) is 4.79 Å². The van der Waals surface area contributed by atoms with Crippen LogP contribution in [0.15, 0.2) is 29.3 Å². The van der Waals surface area contributed by atoms with Gasteiger partial charge < -0.3 is 0 Å². The molecular weight excluding hydrogens is 198 g/mol. The topological polar surface area (TPSA) is 29.4 Å². The Morgan fingerprint density at radius 2 is 2.00 bits per heavy atom. The van der Waals surface area contributed by atoms with E-state index in [2.05, 4.69) is 41.7 Å². The van der Waals surface area contributed by atoms with Gasteiger partial charge in [-0.25, -0.2) is 0 Å². The lowest BCUT2D eigenvalue weighted by Gasteiger charge is -1.91. The summed E-state index contributed by atoms with van der Waals surface area (Å²) in [4.78, 5) is 13.6. The quantitative estimate of drug-likeness (QED) is 0.604. The molecule has 0 fully saturated rings. The zero-order valence-electron chi connectivity index (χ0n) is 8.25. The Hall–Kier alpha value is -1.15. The van der Waals surface area contributed by atoms with Crippen molar-refractivity contribution in [2.24, 2.45) is 4.99 Å². The van der Waals surface area contributed by atoms with E-state index in [1.165, 1.54) is 18.2 Å². The van der Waals surface area contributed by atoms with Crippen LogP contribution >= 0.6 is 11.6 Å². The molecule has 0 amide bonds. The van der Waals surface area contributed by atoms with Crippen molar-refractivity contribution < 1.29 is 4.79 Å². The molecule has 1 aromatic carbocycles. The molecule has 0 N–H and O–H groups in total. The number of para-hydroxylation sites is 1. The molecule has 2 rings (SSSR count). The minimum absolute atomic E-state index is 0.361. The summed E-state index contributed by atoms with van der Waals surface area (Å²) in [6.45, 7) is 3.36. The predicted octanol–water partition coefficient (Wildman–Crippen LogP) is 3.11. The zero-order valence-corrected chi connectivity index (χ0v) is 9.01. The smallest absolute Gasteiger partial charge is 0.218 e. The molecule has 1 aliphatic heterocycles. The van der Waals surface area contributed by atoms with Gasteiger partial charge in [0.15, 0.2) is 0 Å². The first-order valence-corrected chi connectivity index (χ1v) is 4.75. The predicted molar refractivity (Wildman–Crippen MR) is 59.4 cm³/mol. The maximum absolute atomic E-state index is 9.21. The average molecular weight is 210 g/mol. The van der Waals surface area contributed by atoms with E-state index in [4.69, 9.17) is 0 Å². The third kappa shape index (κ3) is 3.30. The van der Waals surface area contributed by atoms with Crippen LogP contribution in [0.25, 0.3) is 0 Å². The van der Waals surface area contributed by atoms with E-state index in [1.54, 1.807) is 0 Å². The van der Waals surface area contributed by atoms with Crippen LogP contribution in [0.3, 0.4) is 0 Å². The van der Waals surface area contributed by atoms with Crippen molar-refractivity contribution in [1.82, 2.24) is 0 Å². The van der Waals surface area contributed by atoms with E-state index in [1.807, 2.05) is 6.07 Å². The first kappa shape index (κ1) is 10.9. The van der Waals surface area contributed by atoms with Gasteiger partial charge >= 0.3 is 0 Å². The van der Waals surface area contributed by atoms with E-state index < -0.39 is 0 Å². The van der Waals surface area contributed by atoms with Gasteiger partial charge in [0.1, 0.15) is 0 Å². The maximum atomic E-state index is 9.21. The van der Waals surface area contributed by atoms with Crippen molar-refractivity contribution in [3.8, 4) is 0 Å². The molecule has 0 aromatic heterocycles. The normalized spacial score (nSPS) is 12.4. The Balaban J connectivity index is 0.000000213. The Morgan fingerprint density at radius 1 is 1.43 bits per heavy atom. The van der Waals surface area contributed by atoms with Crippen LogP contribution in [0, 0.1) is 0 Å². The number of carbonyl (C=O) groups excluding carboxylic acids is 1. The SMILES string of the molecule is CC(=O)Cl.CC1=Nc2ccccc2C1. The second kappa shape index (κ2) is 4.91. The van der Waals surface area contributed by atoms with Crippen molar-refractivity contribution in [2.45, 2.75) is 20.3 Å². The molecule has 2 nitrogen and oxygen atoms in total. The summed E-state index contributed by atoms with van der Waals surface area (Å²) in [6, 6.07) is 8.29. The van der Waals surface area contributed by atoms with Gasteiger partial charge in [0.25, 0.3) is 0 Å². The van der Waals surface area contributed by atoms with Crippen molar-refractivity contribution in [2.75, 3.05) is 0 Å². The molecule has 0 radical (unpaired) electrons. The minimum Gasteiger partial charge on any atom is -0.282 e. The van der Waals surface area contributed by atoms with Crippen molar-refractivity contribution in [1.29, 1.82) is 0 Å². The van der Waals surface area contributed by atoms with E-state index in [-0.39, 0.29) is 5.24 Å². The molecule has 0 saturated heterocycles. The monoisotopic (exact) mass is 209 g/mol. The van der Waals surface area contributed by atoms with Crippen molar-refractivity contribution >= 4 is 28.2 Å². The van der Waals surface area contributed by atoms with Gasteiger partial charge in [-0.3, -0.25) is 9.79 Å². The van der Waals surface area contributed by atoms with Crippen LogP contribution in [-0.2, 0) is 11.2 Å². The standard InChI is InChI=1S/C9H9N.C2H3ClO/c1-7-6-8-4-2-3-5-9(8)10-7;1-2(3)4/h2-5H,6H2,1H3;1H3. The number of nitrogens with zero attached hydrogens (tertiary/aromatic N) is 1. The minimum atomic E-state index is -0.361. The molecule has 0 aliphatic carbocycles. The lowest BCUT2D eigenvalue weighted by atomic mass is 10.1. The molecule has 0 saturated carbocycles. The molecule has 3 heteroatoms. The number of fused-ring (bicyclic) bond motifs is 1. The van der Waals surface area contributed by atoms with Crippen LogP contribution in [0.5, 0.6) is 0 Å². The van der Waals surface area contributed by atoms with E-state index in [0.29, 0.717) is 0 Å². The van der Waals surface area contributed by atoms with Crippen LogP contribution in [-0.4, -0.2) is 11.0 Å². The van der Waals surface area contributed by atoms with Gasteiger partial charge in [-0.2, -0.15) is 0 Å². The zero-order chi connectivity index (χ0) is 10.6. The van der Waals surface area contributed by atoms with Gasteiger partial charge in [0.2, 0.25) is 5.24 Å². The fourth-order valence-corrected chi connectivity index (χ4v) is 1.29. The summed E-state index contributed by atoms with van der Waals surface area (Å²) in [7, 11) is 0. The van der Waals surface area contributed by atoms with Gasteiger partial charge in [-0.05, 0) is 30.2 Å². The lowest BCUT2D eigenvalue weighted by molar-refractivity contribution is -0.109. The highest BCUT2D eigenvalue weighted by atomic mass is 35.5. The number of rotatable bonds is 0. The van der Waals surface area contributed by atoms with Crippen LogP contribution < -0.4 is 0 Å². The van der Waals surface area contributed by atoms with Crippen molar-refractivity contribution in [3.05, 3.63) is 29.8 Å². The van der Waals surface area contributed by atoms with Crippen LogP contribution in [0.4, 0.5) is 5.69 Å². The Bertz CT molecular complexity index is 367. The second-order valence-corrected chi connectivity index (χ2v) is 3.66. The maximum Gasteiger partial charge on any atom is 0.218 e. The first-order valence-electron chi connectivity index (χ1n) is 4.37. The Morgan fingerprint density at radius 3 is 2.57 bits per heavy atom. The number of aliphatic imine (C=N–C) groups is 1. The van der Waals surface area contributed by atoms with Gasteiger partial charge in [0.05, 0.1) is 5.69 Å². The molecule has 0 bridgehead atoms. The molecule has 0 unspecified atom stereocenters. The molecule has 1 heterocycles. The Kier molecular flexibility index (Phi) is 3.84. The van der Waals surface area contributed by atoms with Gasteiger partial charge in [-0.15, -0.1) is 0 Å². The Labute approximate surface area is 88.6 Å². The number of halogens is 1. The molecule has 1 aromatic rings. The first-order chi connectivity index (χ1) is 6.59. The molecular formula is C11H12ClNO. The van der Waals surface area contributed by atoms with Crippen LogP contribution in [0.2, 0.25) is 0 Å². The van der Waals surface area contributed by atoms with Crippen molar-refractivity contribution in [3.63, 3.8) is 0 Å². The summed E-state index contributed by atoms with van der Waals surface area (Å²) < 4.78 is 0. The highest BCUT2D eigenvalue weighted by Gasteiger charge is 2.08. The molecule has 0 spiro atoms. The van der Waals surface area contributed by atoms with Gasteiger partial charge in [0, 0.05) is 19.1 Å². The fraction of sp³-hybridized carbons (Fsp3) is 0.273. The number of carbonyl (C=O) groups is 1. The number of hydrogen-bond acceptors (Lipinski definition) is 2. The molecule has 14 heavy (non-hydrogen) atoms. The highest BCUT2D eigenvalue weighted by Crippen LogP contribution is 2.25. The largest absolute Gasteiger partial charge is 0.282 e. The molecule has 0 atom stereocenters. The average Bonchev–Trinajstić information content (AvgIpc) is 2.42. The second-order valence-electron chi connectivity index (χ2n) is 3.12. The summed E-state index contributed by atoms with van der Waals surface area (Å²) in [5.74, 6) is 0. The summed E-state index contributed by atoms with van der Waals surface area (Å²) in [6.07, 6.45) is 1.04. The van der Waals surface area contributed by atoms with Crippen LogP contribution in [0.1, 0.15) is 19.4 Å². The number of benzene rings is 1. The molecule has 74 valence electrons. The molecule has 1 aliphatic rings. The van der Waals surface area contributed by atoms with Gasteiger partial charge in [-0.1, -0.05) is 18.2 Å². The summed E-state index contributed by atoms with van der Waals surface area (Å²) in [5.41, 5.74) is 3.74. The highest BCUT2D eigenvalue weighted by molar-refractivity contribution is 6.62. The lowest BCUT2D eigenvalue weighted by Crippen LogP contribution is -1.87. The summed E-state index contributed by atoms with van der Waals surface area (Å²) in [5, 5.41) is -0.361.